The molecule has 5 nitrogen and oxygen atoms in total. The minimum atomic E-state index is 0.0359. The van der Waals surface area contributed by atoms with Crippen molar-refractivity contribution >= 4 is 16.9 Å². The van der Waals surface area contributed by atoms with E-state index in [2.05, 4.69) is 53.4 Å². The van der Waals surface area contributed by atoms with E-state index in [0.717, 1.165) is 29.7 Å². The van der Waals surface area contributed by atoms with Crippen molar-refractivity contribution in [3.05, 3.63) is 77.3 Å². The van der Waals surface area contributed by atoms with Crippen LogP contribution in [0.25, 0.3) is 0 Å². The van der Waals surface area contributed by atoms with Crippen LogP contribution in [0.3, 0.4) is 0 Å². The van der Waals surface area contributed by atoms with Crippen LogP contribution in [0.4, 0.5) is 0 Å². The third kappa shape index (κ3) is 2.87. The van der Waals surface area contributed by atoms with E-state index in [9.17, 15) is 0 Å². The van der Waals surface area contributed by atoms with Gasteiger partial charge in [0.15, 0.2) is 5.17 Å². The molecule has 1 fully saturated rings. The lowest BCUT2D eigenvalue weighted by atomic mass is 9.96. The zero-order chi connectivity index (χ0) is 19.3. The molecule has 0 radical (unpaired) electrons. The SMILES string of the molecule is Cc1cc([C@@H]2[C@@H](c3ccccn3)N=C3S[C@@H](C)CN32)c(C)n1Cc1ccco1. The number of furan rings is 1. The highest BCUT2D eigenvalue weighted by molar-refractivity contribution is 8.14. The fourth-order valence-corrected chi connectivity index (χ4v) is 5.48. The van der Waals surface area contributed by atoms with Crippen LogP contribution in [0, 0.1) is 13.8 Å². The van der Waals surface area contributed by atoms with Gasteiger partial charge < -0.3 is 13.9 Å². The van der Waals surface area contributed by atoms with Crippen LogP contribution in [-0.2, 0) is 6.54 Å². The van der Waals surface area contributed by atoms with Gasteiger partial charge in [0, 0.05) is 29.4 Å². The van der Waals surface area contributed by atoms with Crippen LogP contribution in [0.1, 0.15) is 47.4 Å². The highest BCUT2D eigenvalue weighted by Gasteiger charge is 2.44. The molecule has 0 aliphatic carbocycles. The van der Waals surface area contributed by atoms with Gasteiger partial charge in [-0.05, 0) is 49.7 Å². The van der Waals surface area contributed by atoms with E-state index in [-0.39, 0.29) is 12.1 Å². The zero-order valence-corrected chi connectivity index (χ0v) is 17.2. The molecule has 0 spiro atoms. The molecule has 0 N–H and O–H groups in total. The molecule has 0 aromatic carbocycles. The molecule has 0 unspecified atom stereocenters. The second-order valence-electron chi connectivity index (χ2n) is 7.63. The summed E-state index contributed by atoms with van der Waals surface area (Å²) in [7, 11) is 0. The number of rotatable bonds is 4. The number of fused-ring (bicyclic) bond motifs is 1. The first-order chi connectivity index (χ1) is 13.6. The van der Waals surface area contributed by atoms with Crippen LogP contribution in [0.15, 0.2) is 58.3 Å². The minimum absolute atomic E-state index is 0.0359. The van der Waals surface area contributed by atoms with Crippen LogP contribution >= 0.6 is 11.8 Å². The Morgan fingerprint density at radius 1 is 1.21 bits per heavy atom. The third-order valence-electron chi connectivity index (χ3n) is 5.71. The topological polar surface area (TPSA) is 46.6 Å². The quantitative estimate of drug-likeness (QED) is 0.644. The fraction of sp³-hybridized carbons (Fsp3) is 0.364. The smallest absolute Gasteiger partial charge is 0.160 e. The van der Waals surface area contributed by atoms with Crippen molar-refractivity contribution in [2.24, 2.45) is 4.99 Å². The van der Waals surface area contributed by atoms with Crippen molar-refractivity contribution in [1.82, 2.24) is 14.5 Å². The second kappa shape index (κ2) is 6.85. The van der Waals surface area contributed by atoms with Gasteiger partial charge in [0.05, 0.1) is 24.5 Å². The van der Waals surface area contributed by atoms with E-state index in [1.165, 1.54) is 17.0 Å². The molecular weight excluding hydrogens is 368 g/mol. The van der Waals surface area contributed by atoms with Crippen LogP contribution < -0.4 is 0 Å². The van der Waals surface area contributed by atoms with Crippen LogP contribution in [0.2, 0.25) is 0 Å². The maximum Gasteiger partial charge on any atom is 0.160 e. The Morgan fingerprint density at radius 2 is 2.11 bits per heavy atom. The molecular formula is C22H24N4OS. The van der Waals surface area contributed by atoms with Crippen molar-refractivity contribution in [3.63, 3.8) is 0 Å². The molecule has 5 heterocycles. The maximum atomic E-state index is 5.59. The van der Waals surface area contributed by atoms with Gasteiger partial charge in [0.2, 0.25) is 0 Å². The summed E-state index contributed by atoms with van der Waals surface area (Å²) in [4.78, 5) is 12.2. The Kier molecular flexibility index (Phi) is 4.31. The Labute approximate surface area is 169 Å². The third-order valence-corrected chi connectivity index (χ3v) is 6.81. The normalized spacial score (nSPS) is 23.9. The lowest BCUT2D eigenvalue weighted by Gasteiger charge is -2.27. The molecule has 2 aliphatic heterocycles. The van der Waals surface area contributed by atoms with Crippen LogP contribution in [-0.4, -0.2) is 31.4 Å². The number of amidine groups is 1. The second-order valence-corrected chi connectivity index (χ2v) is 9.03. The monoisotopic (exact) mass is 392 g/mol. The summed E-state index contributed by atoms with van der Waals surface area (Å²) >= 11 is 1.88. The largest absolute Gasteiger partial charge is 0.467 e. The predicted octanol–water partition coefficient (Wildman–Crippen LogP) is 4.73. The van der Waals surface area contributed by atoms with Gasteiger partial charge in [-0.25, -0.2) is 0 Å². The number of thioether (sulfide) groups is 1. The predicted molar refractivity (Wildman–Crippen MR) is 113 cm³/mol. The molecule has 0 bridgehead atoms. The van der Waals surface area contributed by atoms with E-state index >= 15 is 0 Å². The minimum Gasteiger partial charge on any atom is -0.467 e. The first-order valence-corrected chi connectivity index (χ1v) is 10.6. The van der Waals surface area contributed by atoms with Gasteiger partial charge in [-0.1, -0.05) is 24.8 Å². The Balaban J connectivity index is 1.56. The number of aliphatic imine (C=N–C) groups is 1. The maximum absolute atomic E-state index is 5.59. The fourth-order valence-electron chi connectivity index (χ4n) is 4.38. The molecule has 144 valence electrons. The van der Waals surface area contributed by atoms with Crippen molar-refractivity contribution in [2.75, 3.05) is 6.54 Å². The van der Waals surface area contributed by atoms with Gasteiger partial charge in [0.1, 0.15) is 11.8 Å². The Bertz CT molecular complexity index is 1010. The molecule has 0 amide bonds. The number of pyridine rings is 1. The molecule has 3 aromatic rings. The zero-order valence-electron chi connectivity index (χ0n) is 16.4. The summed E-state index contributed by atoms with van der Waals surface area (Å²) in [6.07, 6.45) is 3.60. The molecule has 3 atom stereocenters. The molecule has 0 saturated carbocycles. The Morgan fingerprint density at radius 3 is 2.86 bits per heavy atom. The molecule has 1 saturated heterocycles. The summed E-state index contributed by atoms with van der Waals surface area (Å²) in [5.41, 5.74) is 4.91. The average Bonchev–Trinajstić information content (AvgIpc) is 3.44. The molecule has 6 heteroatoms. The first kappa shape index (κ1) is 17.6. The van der Waals surface area contributed by atoms with E-state index in [1.807, 2.05) is 36.2 Å². The standard InChI is InChI=1S/C22H24N4OS/c1-14-11-18(16(3)25(14)13-17-7-6-10-27-17)21-20(19-8-4-5-9-23-19)24-22-26(21)12-15(2)28-22/h4-11,15,20-21H,12-13H2,1-3H3/t15-,20+,21+/m0/s1. The summed E-state index contributed by atoms with van der Waals surface area (Å²) in [6, 6.07) is 12.6. The van der Waals surface area contributed by atoms with Gasteiger partial charge in [-0.2, -0.15) is 0 Å². The number of hydrogen-bond donors (Lipinski definition) is 0. The molecule has 2 aliphatic rings. The van der Waals surface area contributed by atoms with Crippen molar-refractivity contribution < 1.29 is 4.42 Å². The van der Waals surface area contributed by atoms with E-state index < -0.39 is 0 Å². The number of aromatic nitrogens is 2. The lowest BCUT2D eigenvalue weighted by molar-refractivity contribution is 0.320. The number of aryl methyl sites for hydroxylation is 1. The summed E-state index contributed by atoms with van der Waals surface area (Å²) in [5, 5.41) is 1.72. The Hall–Kier alpha value is -2.47. The summed E-state index contributed by atoms with van der Waals surface area (Å²) in [5.74, 6) is 0.975. The van der Waals surface area contributed by atoms with Crippen molar-refractivity contribution in [2.45, 2.75) is 44.6 Å². The molecule has 3 aromatic heterocycles. The average molecular weight is 393 g/mol. The van der Waals surface area contributed by atoms with Crippen LogP contribution in [0.5, 0.6) is 0 Å². The van der Waals surface area contributed by atoms with Gasteiger partial charge in [-0.15, -0.1) is 0 Å². The lowest BCUT2D eigenvalue weighted by Crippen LogP contribution is -2.29. The van der Waals surface area contributed by atoms with E-state index in [0.29, 0.717) is 5.25 Å². The van der Waals surface area contributed by atoms with Crippen molar-refractivity contribution in [1.29, 1.82) is 0 Å². The van der Waals surface area contributed by atoms with Gasteiger partial charge >= 0.3 is 0 Å². The summed E-state index contributed by atoms with van der Waals surface area (Å²) in [6.45, 7) is 8.45. The molecule has 5 rings (SSSR count). The number of nitrogens with zero attached hydrogens (tertiary/aromatic N) is 4. The van der Waals surface area contributed by atoms with Crippen molar-refractivity contribution in [3.8, 4) is 0 Å². The highest BCUT2D eigenvalue weighted by atomic mass is 32.2. The first-order valence-electron chi connectivity index (χ1n) is 9.73. The summed E-state index contributed by atoms with van der Waals surface area (Å²) < 4.78 is 7.93. The molecule has 28 heavy (non-hydrogen) atoms. The van der Waals surface area contributed by atoms with Gasteiger partial charge in [0.25, 0.3) is 0 Å². The number of hydrogen-bond acceptors (Lipinski definition) is 5. The highest BCUT2D eigenvalue weighted by Crippen LogP contribution is 2.48. The van der Waals surface area contributed by atoms with E-state index in [1.54, 1.807) is 6.26 Å². The van der Waals surface area contributed by atoms with Gasteiger partial charge in [-0.3, -0.25) is 9.98 Å². The van der Waals surface area contributed by atoms with E-state index in [4.69, 9.17) is 9.41 Å².